The zero-order valence-corrected chi connectivity index (χ0v) is 18.7. The number of nitrogens with zero attached hydrogens (tertiary/aromatic N) is 1. The van der Waals surface area contributed by atoms with E-state index in [1.54, 1.807) is 11.3 Å². The van der Waals surface area contributed by atoms with Gasteiger partial charge in [-0.3, -0.25) is 0 Å². The predicted molar refractivity (Wildman–Crippen MR) is 105 cm³/mol. The van der Waals surface area contributed by atoms with Crippen molar-refractivity contribution in [3.05, 3.63) is 10.7 Å². The Labute approximate surface area is 152 Å². The lowest BCUT2D eigenvalue weighted by Crippen LogP contribution is -2.41. The summed E-state index contributed by atoms with van der Waals surface area (Å²) in [7, 11) is -2.11. The second-order valence-electron chi connectivity index (χ2n) is 9.19. The molecule has 0 amide bonds. The first-order valence-corrected chi connectivity index (χ1v) is 12.3. The van der Waals surface area contributed by atoms with Gasteiger partial charge in [0.2, 0.25) is 0 Å². The van der Waals surface area contributed by atoms with Gasteiger partial charge >= 0.3 is 7.12 Å². The highest BCUT2D eigenvalue weighted by Gasteiger charge is 2.53. The second kappa shape index (κ2) is 6.20. The van der Waals surface area contributed by atoms with Crippen molar-refractivity contribution in [2.75, 3.05) is 0 Å². The summed E-state index contributed by atoms with van der Waals surface area (Å²) in [5.74, 6) is 0. The van der Waals surface area contributed by atoms with Gasteiger partial charge in [-0.2, -0.15) is 0 Å². The van der Waals surface area contributed by atoms with Crippen LogP contribution in [0.25, 0.3) is 0 Å². The summed E-state index contributed by atoms with van der Waals surface area (Å²) < 4.78 is 19.7. The van der Waals surface area contributed by atoms with Crippen LogP contribution >= 0.6 is 11.3 Å². The molecule has 1 aromatic rings. The molecule has 1 aromatic heterocycles. The summed E-state index contributed by atoms with van der Waals surface area (Å²) in [6.45, 7) is 22.2. The van der Waals surface area contributed by atoms with Crippen molar-refractivity contribution >= 4 is 31.5 Å². The van der Waals surface area contributed by atoms with Gasteiger partial charge in [0.1, 0.15) is 5.01 Å². The normalized spacial score (nSPS) is 20.7. The fourth-order valence-corrected chi connectivity index (χ4v) is 4.13. The van der Waals surface area contributed by atoms with Crippen LogP contribution in [0.5, 0.6) is 0 Å². The van der Waals surface area contributed by atoms with Crippen molar-refractivity contribution < 1.29 is 13.7 Å². The molecule has 24 heavy (non-hydrogen) atoms. The van der Waals surface area contributed by atoms with E-state index in [1.807, 2.05) is 6.92 Å². The lowest BCUT2D eigenvalue weighted by molar-refractivity contribution is 0.00578. The van der Waals surface area contributed by atoms with Gasteiger partial charge in [0.15, 0.2) is 8.32 Å². The molecule has 1 aliphatic rings. The molecule has 1 fully saturated rings. The SMILES string of the molecule is Cc1nc(CO[Si](C)(C)C(C)(C)C)sc1B1OC(C)(C)C(C)(C)O1. The number of hydrogen-bond acceptors (Lipinski definition) is 5. The Kier molecular flexibility index (Phi) is 5.19. The van der Waals surface area contributed by atoms with E-state index in [-0.39, 0.29) is 23.4 Å². The molecule has 7 heteroatoms. The topological polar surface area (TPSA) is 40.6 Å². The zero-order valence-electron chi connectivity index (χ0n) is 16.9. The van der Waals surface area contributed by atoms with Crippen LogP contribution in [0.4, 0.5) is 0 Å². The monoisotopic (exact) mass is 369 g/mol. The molecule has 0 spiro atoms. The van der Waals surface area contributed by atoms with Crippen molar-refractivity contribution in [2.45, 2.75) is 91.3 Å². The third-order valence-corrected chi connectivity index (χ3v) is 11.3. The van der Waals surface area contributed by atoms with Gasteiger partial charge in [0, 0.05) is 5.69 Å². The summed E-state index contributed by atoms with van der Waals surface area (Å²) >= 11 is 1.65. The Morgan fingerprint density at radius 2 is 1.62 bits per heavy atom. The van der Waals surface area contributed by atoms with Crippen LogP contribution in [-0.2, 0) is 20.3 Å². The number of rotatable bonds is 4. The molecule has 2 rings (SSSR count). The van der Waals surface area contributed by atoms with Crippen LogP contribution in [0.1, 0.15) is 59.2 Å². The quantitative estimate of drug-likeness (QED) is 0.743. The van der Waals surface area contributed by atoms with E-state index in [0.717, 1.165) is 15.5 Å². The molecular weight excluding hydrogens is 337 g/mol. The highest BCUT2D eigenvalue weighted by molar-refractivity contribution is 7.22. The number of thiazole rings is 1. The average Bonchev–Trinajstić information content (AvgIpc) is 2.84. The molecule has 0 saturated carbocycles. The smallest absolute Gasteiger partial charge is 0.410 e. The first-order valence-electron chi connectivity index (χ1n) is 8.62. The molecule has 0 aromatic carbocycles. The molecule has 0 radical (unpaired) electrons. The molecule has 1 saturated heterocycles. The standard InChI is InChI=1S/C17H32BNO3SSi/c1-12-14(18-21-16(5,6)17(7,8)22-18)23-13(19-12)11-20-24(9,10)15(2,3)4/h11H2,1-10H3. The molecule has 0 aliphatic carbocycles. The third kappa shape index (κ3) is 3.80. The lowest BCUT2D eigenvalue weighted by Gasteiger charge is -2.35. The highest BCUT2D eigenvalue weighted by Crippen LogP contribution is 2.38. The highest BCUT2D eigenvalue weighted by atomic mass is 32.1. The third-order valence-electron chi connectivity index (χ3n) is 5.71. The maximum atomic E-state index is 6.30. The van der Waals surface area contributed by atoms with Crippen molar-refractivity contribution in [1.29, 1.82) is 0 Å². The van der Waals surface area contributed by atoms with Gasteiger partial charge in [0.25, 0.3) is 0 Å². The van der Waals surface area contributed by atoms with Gasteiger partial charge < -0.3 is 13.7 Å². The van der Waals surface area contributed by atoms with Crippen LogP contribution in [0.2, 0.25) is 18.1 Å². The van der Waals surface area contributed by atoms with E-state index >= 15 is 0 Å². The average molecular weight is 369 g/mol. The minimum absolute atomic E-state index is 0.202. The molecule has 0 bridgehead atoms. The predicted octanol–water partition coefficient (Wildman–Crippen LogP) is 4.27. The van der Waals surface area contributed by atoms with Gasteiger partial charge in [-0.1, -0.05) is 20.8 Å². The zero-order chi connectivity index (χ0) is 18.6. The Morgan fingerprint density at radius 1 is 1.12 bits per heavy atom. The molecule has 0 N–H and O–H groups in total. The molecule has 2 heterocycles. The summed E-state index contributed by atoms with van der Waals surface area (Å²) in [6, 6.07) is 0. The Balaban J connectivity index is 2.12. The Bertz CT molecular complexity index is 591. The van der Waals surface area contributed by atoms with Gasteiger partial charge in [-0.05, 0) is 52.8 Å². The van der Waals surface area contributed by atoms with Crippen molar-refractivity contribution in [2.24, 2.45) is 0 Å². The molecule has 136 valence electrons. The van der Waals surface area contributed by atoms with E-state index in [4.69, 9.17) is 18.7 Å². The largest absolute Gasteiger partial charge is 0.507 e. The number of hydrogen-bond donors (Lipinski definition) is 0. The van der Waals surface area contributed by atoms with Gasteiger partial charge in [-0.25, -0.2) is 4.98 Å². The number of aromatic nitrogens is 1. The maximum Gasteiger partial charge on any atom is 0.507 e. The van der Waals surface area contributed by atoms with Gasteiger partial charge in [-0.15, -0.1) is 11.3 Å². The van der Waals surface area contributed by atoms with Crippen molar-refractivity contribution in [3.8, 4) is 0 Å². The van der Waals surface area contributed by atoms with Crippen molar-refractivity contribution in [3.63, 3.8) is 0 Å². The van der Waals surface area contributed by atoms with Gasteiger partial charge in [0.05, 0.1) is 22.6 Å². The first kappa shape index (κ1) is 20.1. The minimum Gasteiger partial charge on any atom is -0.410 e. The maximum absolute atomic E-state index is 6.30. The minimum atomic E-state index is -1.77. The first-order chi connectivity index (χ1) is 10.7. The molecular formula is C17H32BNO3SSi. The van der Waals surface area contributed by atoms with Crippen LogP contribution in [0.15, 0.2) is 0 Å². The second-order valence-corrected chi connectivity index (χ2v) is 15.1. The van der Waals surface area contributed by atoms with E-state index in [9.17, 15) is 0 Å². The Hall–Kier alpha value is -0.208. The summed E-state index contributed by atoms with van der Waals surface area (Å²) in [5.41, 5.74) is 0.324. The Morgan fingerprint density at radius 3 is 2.08 bits per heavy atom. The van der Waals surface area contributed by atoms with Crippen LogP contribution in [0, 0.1) is 6.92 Å². The van der Waals surface area contributed by atoms with Crippen LogP contribution in [0.3, 0.4) is 0 Å². The number of aryl methyl sites for hydroxylation is 1. The summed E-state index contributed by atoms with van der Waals surface area (Å²) in [5, 5.41) is 1.20. The van der Waals surface area contributed by atoms with E-state index in [2.05, 4.69) is 61.6 Å². The molecule has 4 nitrogen and oxygen atoms in total. The lowest BCUT2D eigenvalue weighted by atomic mass is 9.86. The van der Waals surface area contributed by atoms with Crippen molar-refractivity contribution in [1.82, 2.24) is 4.98 Å². The fraction of sp³-hybridized carbons (Fsp3) is 0.824. The molecule has 1 aliphatic heterocycles. The fourth-order valence-electron chi connectivity index (χ4n) is 2.15. The van der Waals surface area contributed by atoms with E-state index in [1.165, 1.54) is 0 Å². The van der Waals surface area contributed by atoms with E-state index in [0.29, 0.717) is 6.61 Å². The summed E-state index contributed by atoms with van der Waals surface area (Å²) in [4.78, 5) is 4.69. The molecule has 0 unspecified atom stereocenters. The molecule has 0 atom stereocenters. The summed E-state index contributed by atoms with van der Waals surface area (Å²) in [6.07, 6.45) is 0. The van der Waals surface area contributed by atoms with Crippen LogP contribution < -0.4 is 4.78 Å². The van der Waals surface area contributed by atoms with E-state index < -0.39 is 8.32 Å². The van der Waals surface area contributed by atoms with Crippen LogP contribution in [-0.4, -0.2) is 31.6 Å².